The van der Waals surface area contributed by atoms with E-state index in [1.807, 2.05) is 24.0 Å². The average molecular weight is 476 g/mol. The van der Waals surface area contributed by atoms with E-state index in [0.717, 1.165) is 31.2 Å². The van der Waals surface area contributed by atoms with E-state index in [9.17, 15) is 13.6 Å². The molecule has 1 atom stereocenters. The Morgan fingerprint density at radius 3 is 2.55 bits per heavy atom. The van der Waals surface area contributed by atoms with Gasteiger partial charge in [0.15, 0.2) is 0 Å². The van der Waals surface area contributed by atoms with Crippen LogP contribution in [0.1, 0.15) is 51.0 Å². The first kappa shape index (κ1) is 23.4. The molecule has 0 radical (unpaired) electrons. The fourth-order valence-electron chi connectivity index (χ4n) is 4.86. The Morgan fingerprint density at radius 1 is 1.15 bits per heavy atom. The third kappa shape index (κ3) is 4.93. The Hall–Kier alpha value is -2.80. The van der Waals surface area contributed by atoms with Gasteiger partial charge in [0.25, 0.3) is 0 Å². The van der Waals surface area contributed by atoms with Crippen molar-refractivity contribution in [1.29, 1.82) is 0 Å². The summed E-state index contributed by atoms with van der Waals surface area (Å²) in [6, 6.07) is 12.0. The molecule has 2 aromatic carbocycles. The number of rotatable bonds is 6. The van der Waals surface area contributed by atoms with E-state index in [4.69, 9.17) is 11.6 Å². The average Bonchev–Trinajstić information content (AvgIpc) is 2.76. The first-order valence-corrected chi connectivity index (χ1v) is 11.6. The first-order valence-electron chi connectivity index (χ1n) is 11.2. The maximum Gasteiger partial charge on any atom is 0.387 e. The third-order valence-corrected chi connectivity index (χ3v) is 6.80. The zero-order valence-corrected chi connectivity index (χ0v) is 19.3. The van der Waals surface area contributed by atoms with Crippen molar-refractivity contribution < 1.29 is 18.3 Å². The van der Waals surface area contributed by atoms with Gasteiger partial charge in [-0.25, -0.2) is 0 Å². The number of anilines is 2. The molecule has 1 saturated carbocycles. The normalized spacial score (nSPS) is 21.8. The largest absolute Gasteiger partial charge is 0.433 e. The minimum atomic E-state index is -2.94. The predicted octanol–water partition coefficient (Wildman–Crippen LogP) is 6.53. The fourth-order valence-corrected chi connectivity index (χ4v) is 5.24. The van der Waals surface area contributed by atoms with Crippen LogP contribution < -0.4 is 15.4 Å². The standard InChI is InChI=1S/C25H28ClF2N3O2/c1-16-30-25(2,15-22(32)31(16)17-9-4-3-5-10-17)18-11-8-13-20(23(18)26)29-19-12-6-7-14-21(19)33-24(27)28/h6-8,11-14,17,24,29-30H,1,3-5,9-10,15H2,2H3. The van der Waals surface area contributed by atoms with Crippen LogP contribution in [0.15, 0.2) is 54.9 Å². The molecule has 4 rings (SSSR count). The second-order valence-electron chi connectivity index (χ2n) is 8.80. The molecule has 176 valence electrons. The number of nitrogens with zero attached hydrogens (tertiary/aromatic N) is 1. The lowest BCUT2D eigenvalue weighted by atomic mass is 9.84. The van der Waals surface area contributed by atoms with Gasteiger partial charge in [-0.05, 0) is 43.5 Å². The summed E-state index contributed by atoms with van der Waals surface area (Å²) in [4.78, 5) is 15.0. The summed E-state index contributed by atoms with van der Waals surface area (Å²) in [6.07, 6.45) is 5.66. The molecule has 2 fully saturated rings. The topological polar surface area (TPSA) is 53.6 Å². The molecule has 1 heterocycles. The lowest BCUT2D eigenvalue weighted by molar-refractivity contribution is -0.136. The molecule has 33 heavy (non-hydrogen) atoms. The Morgan fingerprint density at radius 2 is 1.85 bits per heavy atom. The minimum absolute atomic E-state index is 0.0163. The van der Waals surface area contributed by atoms with E-state index in [1.165, 1.54) is 12.5 Å². The number of para-hydroxylation sites is 2. The van der Waals surface area contributed by atoms with Crippen molar-refractivity contribution in [1.82, 2.24) is 10.2 Å². The lowest BCUT2D eigenvalue weighted by Gasteiger charge is -2.46. The Kier molecular flexibility index (Phi) is 6.79. The van der Waals surface area contributed by atoms with Gasteiger partial charge in [-0.1, -0.05) is 61.7 Å². The Balaban J connectivity index is 1.59. The van der Waals surface area contributed by atoms with Crippen LogP contribution in [-0.4, -0.2) is 23.5 Å². The van der Waals surface area contributed by atoms with Gasteiger partial charge in [0.1, 0.15) is 11.6 Å². The van der Waals surface area contributed by atoms with Gasteiger partial charge in [0, 0.05) is 6.04 Å². The lowest BCUT2D eigenvalue weighted by Crippen LogP contribution is -2.56. The number of amides is 1. The quantitative estimate of drug-likeness (QED) is 0.499. The van der Waals surface area contributed by atoms with E-state index in [-0.39, 0.29) is 24.1 Å². The summed E-state index contributed by atoms with van der Waals surface area (Å²) in [5.41, 5.74) is 0.852. The highest BCUT2D eigenvalue weighted by molar-refractivity contribution is 6.34. The number of nitrogens with one attached hydrogen (secondary N) is 2. The first-order chi connectivity index (χ1) is 15.8. The minimum Gasteiger partial charge on any atom is -0.433 e. The molecule has 8 heteroatoms. The van der Waals surface area contributed by atoms with Gasteiger partial charge in [0.2, 0.25) is 5.91 Å². The van der Waals surface area contributed by atoms with Gasteiger partial charge in [-0.3, -0.25) is 9.69 Å². The number of ether oxygens (including phenoxy) is 1. The molecule has 2 aromatic rings. The summed E-state index contributed by atoms with van der Waals surface area (Å²) < 4.78 is 30.2. The van der Waals surface area contributed by atoms with Crippen LogP contribution in [0.25, 0.3) is 0 Å². The number of hydrogen-bond donors (Lipinski definition) is 2. The van der Waals surface area contributed by atoms with Crippen molar-refractivity contribution in [3.63, 3.8) is 0 Å². The molecule has 5 nitrogen and oxygen atoms in total. The monoisotopic (exact) mass is 475 g/mol. The second kappa shape index (κ2) is 9.59. The van der Waals surface area contributed by atoms with Crippen molar-refractivity contribution in [3.05, 3.63) is 65.5 Å². The molecular formula is C25H28ClF2N3O2. The highest BCUT2D eigenvalue weighted by Gasteiger charge is 2.42. The van der Waals surface area contributed by atoms with Crippen LogP contribution in [0.5, 0.6) is 5.75 Å². The predicted molar refractivity (Wildman–Crippen MR) is 126 cm³/mol. The van der Waals surface area contributed by atoms with Gasteiger partial charge in [-0.2, -0.15) is 8.78 Å². The molecule has 1 aliphatic heterocycles. The number of hydrogen-bond acceptors (Lipinski definition) is 4. The van der Waals surface area contributed by atoms with E-state index in [0.29, 0.717) is 22.2 Å². The van der Waals surface area contributed by atoms with E-state index < -0.39 is 12.2 Å². The number of halogens is 3. The van der Waals surface area contributed by atoms with Crippen molar-refractivity contribution in [3.8, 4) is 5.75 Å². The van der Waals surface area contributed by atoms with Gasteiger partial charge >= 0.3 is 6.61 Å². The zero-order valence-electron chi connectivity index (χ0n) is 18.5. The summed E-state index contributed by atoms with van der Waals surface area (Å²) in [5.74, 6) is 0.631. The molecule has 2 N–H and O–H groups in total. The van der Waals surface area contributed by atoms with Crippen molar-refractivity contribution in [2.24, 2.45) is 0 Å². The Bertz CT molecular complexity index is 1020. The molecule has 1 saturated heterocycles. The van der Waals surface area contributed by atoms with E-state index >= 15 is 0 Å². The second-order valence-corrected chi connectivity index (χ2v) is 9.18. The number of benzene rings is 2. The maximum atomic E-state index is 13.2. The van der Waals surface area contributed by atoms with E-state index in [2.05, 4.69) is 21.9 Å². The fraction of sp³-hybridized carbons (Fsp3) is 0.400. The van der Waals surface area contributed by atoms with Gasteiger partial charge < -0.3 is 15.4 Å². The van der Waals surface area contributed by atoms with Crippen LogP contribution >= 0.6 is 11.6 Å². The van der Waals surface area contributed by atoms with Crippen LogP contribution in [0.2, 0.25) is 5.02 Å². The summed E-state index contributed by atoms with van der Waals surface area (Å²) in [5, 5.41) is 6.92. The summed E-state index contributed by atoms with van der Waals surface area (Å²) in [6.45, 7) is 3.13. The molecule has 1 amide bonds. The molecule has 1 unspecified atom stereocenters. The molecule has 1 aliphatic carbocycles. The maximum absolute atomic E-state index is 13.2. The van der Waals surface area contributed by atoms with Crippen molar-refractivity contribution >= 4 is 28.9 Å². The summed E-state index contributed by atoms with van der Waals surface area (Å²) in [7, 11) is 0. The summed E-state index contributed by atoms with van der Waals surface area (Å²) >= 11 is 6.77. The third-order valence-electron chi connectivity index (χ3n) is 6.39. The molecule has 0 spiro atoms. The molecule has 2 aliphatic rings. The SMILES string of the molecule is C=C1NC(C)(c2cccc(Nc3ccccc3OC(F)F)c2Cl)CC(=O)N1C1CCCCC1. The smallest absolute Gasteiger partial charge is 0.387 e. The van der Waals surface area contributed by atoms with Crippen LogP contribution in [0.4, 0.5) is 20.2 Å². The van der Waals surface area contributed by atoms with Gasteiger partial charge in [-0.15, -0.1) is 0 Å². The van der Waals surface area contributed by atoms with Gasteiger partial charge in [0.05, 0.1) is 28.4 Å². The zero-order chi connectivity index (χ0) is 23.6. The molecule has 0 bridgehead atoms. The number of carbonyl (C=O) groups excluding carboxylic acids is 1. The highest BCUT2D eigenvalue weighted by Crippen LogP contribution is 2.41. The molecular weight excluding hydrogens is 448 g/mol. The van der Waals surface area contributed by atoms with Crippen LogP contribution in [0, 0.1) is 0 Å². The van der Waals surface area contributed by atoms with Crippen molar-refractivity contribution in [2.45, 2.75) is 63.6 Å². The number of carbonyl (C=O) groups is 1. The Labute approximate surface area is 197 Å². The highest BCUT2D eigenvalue weighted by atomic mass is 35.5. The van der Waals surface area contributed by atoms with Crippen molar-refractivity contribution in [2.75, 3.05) is 5.32 Å². The van der Waals surface area contributed by atoms with Crippen LogP contribution in [-0.2, 0) is 10.3 Å². The van der Waals surface area contributed by atoms with E-state index in [1.54, 1.807) is 24.3 Å². The number of alkyl halides is 2. The molecule has 0 aromatic heterocycles. The van der Waals surface area contributed by atoms with Crippen LogP contribution in [0.3, 0.4) is 0 Å².